The molecule has 2 unspecified atom stereocenters. The van der Waals surface area contributed by atoms with E-state index in [1.165, 1.54) is 0 Å². The van der Waals surface area contributed by atoms with Crippen LogP contribution in [0.3, 0.4) is 0 Å². The molecule has 0 amide bonds. The van der Waals surface area contributed by atoms with E-state index in [9.17, 15) is 9.90 Å². The van der Waals surface area contributed by atoms with E-state index in [-0.39, 0.29) is 12.5 Å². The van der Waals surface area contributed by atoms with Crippen molar-refractivity contribution in [2.75, 3.05) is 0 Å². The maximum absolute atomic E-state index is 10.3. The highest BCUT2D eigenvalue weighted by Crippen LogP contribution is 2.23. The summed E-state index contributed by atoms with van der Waals surface area (Å²) in [5.74, 6) is -0.809. The summed E-state index contributed by atoms with van der Waals surface area (Å²) in [7, 11) is 0. The van der Waals surface area contributed by atoms with Gasteiger partial charge < -0.3 is 15.9 Å². The van der Waals surface area contributed by atoms with Gasteiger partial charge in [-0.05, 0) is 31.3 Å². The maximum atomic E-state index is 10.3. The minimum absolute atomic E-state index is 0.117. The zero-order valence-electron chi connectivity index (χ0n) is 8.15. The number of aliphatic hydroxyl groups is 1. The molecule has 80 valence electrons. The fourth-order valence-electron chi connectivity index (χ4n) is 1.73. The van der Waals surface area contributed by atoms with Crippen molar-refractivity contribution in [3.63, 3.8) is 0 Å². The number of allylic oxidation sites excluding steroid dienone is 1. The smallest absolute Gasteiger partial charge is 0.303 e. The zero-order chi connectivity index (χ0) is 10.6. The highest BCUT2D eigenvalue weighted by atomic mass is 16.4. The third kappa shape index (κ3) is 3.12. The van der Waals surface area contributed by atoms with Crippen LogP contribution in [0.5, 0.6) is 0 Å². The Kier molecular flexibility index (Phi) is 4.10. The van der Waals surface area contributed by atoms with Crippen LogP contribution in [0.1, 0.15) is 32.1 Å². The minimum atomic E-state index is -0.809. The first-order valence-corrected chi connectivity index (χ1v) is 4.95. The molecule has 0 aromatic rings. The molecular formula is C10H17NO3. The second-order valence-corrected chi connectivity index (χ2v) is 3.71. The first kappa shape index (κ1) is 11.2. The number of carboxylic acid groups (broad SMARTS) is 1. The second-order valence-electron chi connectivity index (χ2n) is 3.71. The average molecular weight is 199 g/mol. The molecule has 0 radical (unpaired) electrons. The van der Waals surface area contributed by atoms with E-state index in [0.717, 1.165) is 24.8 Å². The molecule has 4 heteroatoms. The Balaban J connectivity index is 2.44. The molecule has 0 aliphatic heterocycles. The molecule has 1 fully saturated rings. The first-order valence-electron chi connectivity index (χ1n) is 4.95. The van der Waals surface area contributed by atoms with Gasteiger partial charge in [-0.2, -0.15) is 0 Å². The quantitative estimate of drug-likeness (QED) is 0.583. The van der Waals surface area contributed by atoms with Crippen LogP contribution in [0.2, 0.25) is 0 Å². The van der Waals surface area contributed by atoms with Gasteiger partial charge in [0, 0.05) is 12.5 Å². The number of hydrogen-bond acceptors (Lipinski definition) is 3. The van der Waals surface area contributed by atoms with Crippen LogP contribution in [0.4, 0.5) is 0 Å². The van der Waals surface area contributed by atoms with E-state index >= 15 is 0 Å². The Hall–Kier alpha value is -0.870. The monoisotopic (exact) mass is 199 g/mol. The Labute approximate surface area is 83.4 Å². The van der Waals surface area contributed by atoms with Gasteiger partial charge in [0.05, 0.1) is 6.10 Å². The Bertz CT molecular complexity index is 238. The summed E-state index contributed by atoms with van der Waals surface area (Å²) < 4.78 is 0. The van der Waals surface area contributed by atoms with Gasteiger partial charge in [0.1, 0.15) is 0 Å². The highest BCUT2D eigenvalue weighted by molar-refractivity contribution is 5.66. The molecule has 4 nitrogen and oxygen atoms in total. The minimum Gasteiger partial charge on any atom is -0.481 e. The molecule has 1 aliphatic rings. The van der Waals surface area contributed by atoms with Crippen LogP contribution in [-0.4, -0.2) is 28.3 Å². The molecule has 0 heterocycles. The fourth-order valence-corrected chi connectivity index (χ4v) is 1.73. The van der Waals surface area contributed by atoms with Gasteiger partial charge in [0.25, 0.3) is 0 Å². The number of carboxylic acids is 1. The van der Waals surface area contributed by atoms with Gasteiger partial charge in [0.15, 0.2) is 0 Å². The molecule has 2 atom stereocenters. The van der Waals surface area contributed by atoms with Crippen LogP contribution in [0.15, 0.2) is 11.6 Å². The predicted molar refractivity (Wildman–Crippen MR) is 52.8 cm³/mol. The molecule has 0 saturated heterocycles. The Morgan fingerprint density at radius 3 is 3.00 bits per heavy atom. The third-order valence-electron chi connectivity index (χ3n) is 2.55. The van der Waals surface area contributed by atoms with E-state index < -0.39 is 12.1 Å². The molecule has 1 saturated carbocycles. The van der Waals surface area contributed by atoms with Gasteiger partial charge in [-0.25, -0.2) is 0 Å². The zero-order valence-corrected chi connectivity index (χ0v) is 8.15. The van der Waals surface area contributed by atoms with Crippen LogP contribution < -0.4 is 5.73 Å². The molecule has 0 spiro atoms. The van der Waals surface area contributed by atoms with E-state index in [1.54, 1.807) is 0 Å². The van der Waals surface area contributed by atoms with Crippen LogP contribution in [0, 0.1) is 0 Å². The topological polar surface area (TPSA) is 83.6 Å². The number of aliphatic carboxylic acids is 1. The van der Waals surface area contributed by atoms with Gasteiger partial charge >= 0.3 is 5.97 Å². The summed E-state index contributed by atoms with van der Waals surface area (Å²) >= 11 is 0. The number of hydrogen-bond donors (Lipinski definition) is 3. The molecule has 0 aromatic heterocycles. The molecule has 0 bridgehead atoms. The summed E-state index contributed by atoms with van der Waals surface area (Å²) in [4.78, 5) is 10.3. The lowest BCUT2D eigenvalue weighted by atomic mass is 9.87. The van der Waals surface area contributed by atoms with Crippen molar-refractivity contribution in [3.05, 3.63) is 11.6 Å². The van der Waals surface area contributed by atoms with E-state index in [2.05, 4.69) is 0 Å². The summed E-state index contributed by atoms with van der Waals surface area (Å²) in [5, 5.41) is 18.1. The summed E-state index contributed by atoms with van der Waals surface area (Å²) in [5.41, 5.74) is 6.60. The standard InChI is InChI=1S/C10H17NO3/c11-8-5-1-3-7(10(8)14)4-2-6-9(12)13/h4,8,10,14H,1-3,5-6,11H2,(H,12,13)/b7-4+. The van der Waals surface area contributed by atoms with Crippen molar-refractivity contribution in [2.24, 2.45) is 5.73 Å². The number of aliphatic hydroxyl groups excluding tert-OH is 1. The van der Waals surface area contributed by atoms with Crippen molar-refractivity contribution in [1.29, 1.82) is 0 Å². The lowest BCUT2D eigenvalue weighted by Gasteiger charge is -2.27. The Morgan fingerprint density at radius 2 is 2.36 bits per heavy atom. The van der Waals surface area contributed by atoms with E-state index in [0.29, 0.717) is 6.42 Å². The van der Waals surface area contributed by atoms with Crippen molar-refractivity contribution < 1.29 is 15.0 Å². The Morgan fingerprint density at radius 1 is 1.64 bits per heavy atom. The fraction of sp³-hybridized carbons (Fsp3) is 0.700. The van der Waals surface area contributed by atoms with Crippen molar-refractivity contribution >= 4 is 5.97 Å². The predicted octanol–water partition coefficient (Wildman–Crippen LogP) is 0.650. The normalized spacial score (nSPS) is 30.6. The van der Waals surface area contributed by atoms with Crippen LogP contribution in [-0.2, 0) is 4.79 Å². The summed E-state index contributed by atoms with van der Waals surface area (Å²) in [6.45, 7) is 0. The van der Waals surface area contributed by atoms with Gasteiger partial charge in [-0.15, -0.1) is 0 Å². The maximum Gasteiger partial charge on any atom is 0.303 e. The summed E-state index contributed by atoms with van der Waals surface area (Å²) in [6, 6.07) is -0.181. The average Bonchev–Trinajstić information content (AvgIpc) is 2.12. The number of carbonyl (C=O) groups is 1. The number of nitrogens with two attached hydrogens (primary N) is 1. The second kappa shape index (κ2) is 5.12. The van der Waals surface area contributed by atoms with E-state index in [1.807, 2.05) is 6.08 Å². The molecule has 1 aliphatic carbocycles. The number of rotatable bonds is 3. The lowest BCUT2D eigenvalue weighted by molar-refractivity contribution is -0.136. The largest absolute Gasteiger partial charge is 0.481 e. The highest BCUT2D eigenvalue weighted by Gasteiger charge is 2.23. The van der Waals surface area contributed by atoms with Crippen molar-refractivity contribution in [2.45, 2.75) is 44.2 Å². The SMILES string of the molecule is NC1CCC/C(=C\CCC(=O)O)C1O. The summed E-state index contributed by atoms with van der Waals surface area (Å²) in [6.07, 6.45) is 4.51. The van der Waals surface area contributed by atoms with Gasteiger partial charge in [-0.3, -0.25) is 4.79 Å². The lowest BCUT2D eigenvalue weighted by Crippen LogP contribution is -2.38. The van der Waals surface area contributed by atoms with Crippen molar-refractivity contribution in [3.8, 4) is 0 Å². The van der Waals surface area contributed by atoms with E-state index in [4.69, 9.17) is 10.8 Å². The molecule has 4 N–H and O–H groups in total. The third-order valence-corrected chi connectivity index (χ3v) is 2.55. The first-order chi connectivity index (χ1) is 6.61. The molecule has 0 aromatic carbocycles. The van der Waals surface area contributed by atoms with Gasteiger partial charge in [-0.1, -0.05) is 6.08 Å². The van der Waals surface area contributed by atoms with Gasteiger partial charge in [0.2, 0.25) is 0 Å². The van der Waals surface area contributed by atoms with Crippen molar-refractivity contribution in [1.82, 2.24) is 0 Å². The molecule has 1 rings (SSSR count). The van der Waals surface area contributed by atoms with Crippen LogP contribution >= 0.6 is 0 Å². The molecular weight excluding hydrogens is 182 g/mol. The molecule has 14 heavy (non-hydrogen) atoms. The van der Waals surface area contributed by atoms with Crippen LogP contribution in [0.25, 0.3) is 0 Å².